The van der Waals surface area contributed by atoms with Gasteiger partial charge in [-0.1, -0.05) is 54.6 Å². The maximum absolute atomic E-state index is 12.9. The Kier molecular flexibility index (Phi) is 5.86. The molecule has 4 heteroatoms. The van der Waals surface area contributed by atoms with Crippen LogP contribution in [0.1, 0.15) is 17.4 Å². The zero-order valence-electron chi connectivity index (χ0n) is 14.3. The van der Waals surface area contributed by atoms with Crippen LogP contribution >= 0.6 is 11.3 Å². The van der Waals surface area contributed by atoms with E-state index in [0.29, 0.717) is 6.54 Å². The summed E-state index contributed by atoms with van der Waals surface area (Å²) in [5.74, 6) is 0. The Hall–Kier alpha value is -2.59. The smallest absolute Gasteiger partial charge is 0.317 e. The number of rotatable bonds is 6. The van der Waals surface area contributed by atoms with Crippen LogP contribution in [0.15, 0.2) is 78.2 Å². The topological polar surface area (TPSA) is 32.3 Å². The van der Waals surface area contributed by atoms with Crippen LogP contribution in [0.4, 0.5) is 10.5 Å². The van der Waals surface area contributed by atoms with E-state index in [1.165, 1.54) is 4.88 Å². The van der Waals surface area contributed by atoms with Gasteiger partial charge in [0, 0.05) is 29.6 Å². The fraction of sp³-hybridized carbons (Fsp3) is 0.190. The predicted octanol–water partition coefficient (Wildman–Crippen LogP) is 5.41. The molecule has 3 aromatic rings. The molecule has 128 valence electrons. The van der Waals surface area contributed by atoms with Crippen LogP contribution in [-0.4, -0.2) is 17.0 Å². The van der Waals surface area contributed by atoms with Crippen LogP contribution in [0.5, 0.6) is 0 Å². The van der Waals surface area contributed by atoms with Crippen LogP contribution in [-0.2, 0) is 13.0 Å². The predicted molar refractivity (Wildman–Crippen MR) is 105 cm³/mol. The number of carbonyl (C=O) groups is 1. The van der Waals surface area contributed by atoms with E-state index in [1.54, 1.807) is 11.3 Å². The highest BCUT2D eigenvalue weighted by molar-refractivity contribution is 7.09. The largest absolute Gasteiger partial charge is 0.322 e. The third-order valence-electron chi connectivity index (χ3n) is 4.09. The summed E-state index contributed by atoms with van der Waals surface area (Å²) in [5, 5.41) is 5.09. The molecule has 25 heavy (non-hydrogen) atoms. The molecule has 0 unspecified atom stereocenters. The number of carbonyl (C=O) groups excluding carboxylic acids is 1. The van der Waals surface area contributed by atoms with Crippen LogP contribution in [0.2, 0.25) is 0 Å². The molecule has 0 aliphatic heterocycles. The molecule has 0 spiro atoms. The van der Waals surface area contributed by atoms with Gasteiger partial charge in [0.25, 0.3) is 0 Å². The van der Waals surface area contributed by atoms with Crippen molar-refractivity contribution in [2.45, 2.75) is 25.9 Å². The average Bonchev–Trinajstić information content (AvgIpc) is 3.14. The number of hydrogen-bond acceptors (Lipinski definition) is 2. The molecule has 0 radical (unpaired) electrons. The summed E-state index contributed by atoms with van der Waals surface area (Å²) < 4.78 is 0. The van der Waals surface area contributed by atoms with E-state index < -0.39 is 0 Å². The fourth-order valence-corrected chi connectivity index (χ4v) is 3.58. The van der Waals surface area contributed by atoms with Gasteiger partial charge in [-0.3, -0.25) is 0 Å². The SMILES string of the molecule is C[C@@H](Cc1cccs1)N(Cc1ccccc1)C(=O)Nc1ccccc1. The molecule has 1 atom stereocenters. The molecule has 0 aliphatic rings. The van der Waals surface area contributed by atoms with Gasteiger partial charge in [-0.25, -0.2) is 4.79 Å². The van der Waals surface area contributed by atoms with Gasteiger partial charge >= 0.3 is 6.03 Å². The molecule has 2 aromatic carbocycles. The quantitative estimate of drug-likeness (QED) is 0.633. The lowest BCUT2D eigenvalue weighted by Crippen LogP contribution is -2.41. The molecule has 0 saturated heterocycles. The zero-order chi connectivity index (χ0) is 17.5. The lowest BCUT2D eigenvalue weighted by Gasteiger charge is -2.29. The first-order valence-electron chi connectivity index (χ1n) is 8.41. The van der Waals surface area contributed by atoms with Gasteiger partial charge in [0.2, 0.25) is 0 Å². The number of benzene rings is 2. The maximum atomic E-state index is 12.9. The molecule has 0 bridgehead atoms. The minimum absolute atomic E-state index is 0.0703. The van der Waals surface area contributed by atoms with E-state index in [2.05, 4.69) is 41.9 Å². The summed E-state index contributed by atoms with van der Waals surface area (Å²) in [6.07, 6.45) is 0.854. The van der Waals surface area contributed by atoms with Gasteiger partial charge in [0.1, 0.15) is 0 Å². The van der Waals surface area contributed by atoms with E-state index in [9.17, 15) is 4.79 Å². The second kappa shape index (κ2) is 8.49. The maximum Gasteiger partial charge on any atom is 0.322 e. The number of amides is 2. The molecular weight excluding hydrogens is 328 g/mol. The first-order chi connectivity index (χ1) is 12.2. The van der Waals surface area contributed by atoms with Crippen molar-refractivity contribution in [2.75, 3.05) is 5.32 Å². The van der Waals surface area contributed by atoms with Crippen LogP contribution in [0.25, 0.3) is 0 Å². The zero-order valence-corrected chi connectivity index (χ0v) is 15.1. The second-order valence-electron chi connectivity index (χ2n) is 6.04. The van der Waals surface area contributed by atoms with Crippen molar-refractivity contribution in [3.05, 3.63) is 88.6 Å². The summed E-state index contributed by atoms with van der Waals surface area (Å²) >= 11 is 1.73. The molecule has 0 fully saturated rings. The number of para-hydroxylation sites is 1. The number of thiophene rings is 1. The first kappa shape index (κ1) is 17.2. The molecule has 1 aromatic heterocycles. The van der Waals surface area contributed by atoms with Crippen molar-refractivity contribution < 1.29 is 4.79 Å². The normalized spacial score (nSPS) is 11.7. The van der Waals surface area contributed by atoms with Crippen molar-refractivity contribution in [3.63, 3.8) is 0 Å². The summed E-state index contributed by atoms with van der Waals surface area (Å²) in [6, 6.07) is 23.9. The van der Waals surface area contributed by atoms with Crippen LogP contribution in [0, 0.1) is 0 Å². The van der Waals surface area contributed by atoms with Crippen LogP contribution in [0.3, 0.4) is 0 Å². The Morgan fingerprint density at radius 2 is 1.68 bits per heavy atom. The first-order valence-corrected chi connectivity index (χ1v) is 9.29. The van der Waals surface area contributed by atoms with Gasteiger partial charge < -0.3 is 10.2 Å². The van der Waals surface area contributed by atoms with Crippen molar-refractivity contribution in [1.29, 1.82) is 0 Å². The standard InChI is InChI=1S/C21H22N2OS/c1-17(15-20-13-8-14-25-20)23(16-18-9-4-2-5-10-18)21(24)22-19-11-6-3-7-12-19/h2-14,17H,15-16H2,1H3,(H,22,24)/t17-/m0/s1. The van der Waals surface area contributed by atoms with Gasteiger partial charge in [-0.05, 0) is 36.1 Å². The lowest BCUT2D eigenvalue weighted by molar-refractivity contribution is 0.188. The molecule has 0 aliphatic carbocycles. The summed E-state index contributed by atoms with van der Waals surface area (Å²) in [4.78, 5) is 16.1. The van der Waals surface area contributed by atoms with Crippen molar-refractivity contribution in [2.24, 2.45) is 0 Å². The Balaban J connectivity index is 1.76. The third-order valence-corrected chi connectivity index (χ3v) is 4.99. The monoisotopic (exact) mass is 350 g/mol. The fourth-order valence-electron chi connectivity index (χ4n) is 2.75. The third kappa shape index (κ3) is 4.94. The molecule has 1 N–H and O–H groups in total. The van der Waals surface area contributed by atoms with Crippen molar-refractivity contribution >= 4 is 23.1 Å². The summed E-state index contributed by atoms with van der Waals surface area (Å²) in [6.45, 7) is 2.69. The summed E-state index contributed by atoms with van der Waals surface area (Å²) in [7, 11) is 0. The number of nitrogens with zero attached hydrogens (tertiary/aromatic N) is 1. The van der Waals surface area contributed by atoms with Gasteiger partial charge in [-0.2, -0.15) is 0 Å². The van der Waals surface area contributed by atoms with Gasteiger partial charge in [0.15, 0.2) is 0 Å². The average molecular weight is 350 g/mol. The number of anilines is 1. The summed E-state index contributed by atoms with van der Waals surface area (Å²) in [5.41, 5.74) is 1.94. The molecule has 3 rings (SSSR count). The molecule has 1 heterocycles. The Morgan fingerprint density at radius 1 is 1.00 bits per heavy atom. The highest BCUT2D eigenvalue weighted by atomic mass is 32.1. The van der Waals surface area contributed by atoms with Crippen molar-refractivity contribution in [1.82, 2.24) is 4.90 Å². The Labute approximate surface area is 152 Å². The van der Waals surface area contributed by atoms with E-state index in [1.807, 2.05) is 53.4 Å². The molecular formula is C21H22N2OS. The van der Waals surface area contributed by atoms with E-state index in [-0.39, 0.29) is 12.1 Å². The lowest BCUT2D eigenvalue weighted by atomic mass is 10.1. The number of hydrogen-bond donors (Lipinski definition) is 1. The molecule has 3 nitrogen and oxygen atoms in total. The van der Waals surface area contributed by atoms with E-state index >= 15 is 0 Å². The van der Waals surface area contributed by atoms with Gasteiger partial charge in [0.05, 0.1) is 0 Å². The van der Waals surface area contributed by atoms with Gasteiger partial charge in [-0.15, -0.1) is 11.3 Å². The molecule has 0 saturated carbocycles. The minimum Gasteiger partial charge on any atom is -0.317 e. The second-order valence-corrected chi connectivity index (χ2v) is 7.07. The van der Waals surface area contributed by atoms with E-state index in [4.69, 9.17) is 0 Å². The Bertz CT molecular complexity index is 772. The highest BCUT2D eigenvalue weighted by Crippen LogP contribution is 2.18. The van der Waals surface area contributed by atoms with E-state index in [0.717, 1.165) is 17.7 Å². The number of nitrogens with one attached hydrogen (secondary N) is 1. The van der Waals surface area contributed by atoms with Crippen LogP contribution < -0.4 is 5.32 Å². The minimum atomic E-state index is -0.0703. The molecule has 2 amide bonds. The number of urea groups is 1. The van der Waals surface area contributed by atoms with Crippen molar-refractivity contribution in [3.8, 4) is 0 Å². The highest BCUT2D eigenvalue weighted by Gasteiger charge is 2.21. The Morgan fingerprint density at radius 3 is 2.32 bits per heavy atom.